The van der Waals surface area contributed by atoms with Crippen molar-refractivity contribution < 1.29 is 27.8 Å². The number of carboxylic acid groups (broad SMARTS) is 1. The number of aliphatic carboxylic acids is 1. The van der Waals surface area contributed by atoms with E-state index in [9.17, 15) is 18.0 Å². The van der Waals surface area contributed by atoms with Crippen molar-refractivity contribution in [1.82, 2.24) is 0 Å². The van der Waals surface area contributed by atoms with Gasteiger partial charge in [-0.2, -0.15) is 13.2 Å². The molecule has 2 rings (SSSR count). The fraction of sp³-hybridized carbons (Fsp3) is 0.118. The number of hydrogen-bond donors (Lipinski definition) is 1. The molecule has 0 amide bonds. The maximum atomic E-state index is 12.5. The molecule has 0 atom stereocenters. The molecule has 2 aromatic carbocycles. The summed E-state index contributed by atoms with van der Waals surface area (Å²) in [5, 5.41) is 8.64. The minimum atomic E-state index is -4.37. The molecule has 3 nitrogen and oxygen atoms in total. The molecule has 2 aromatic rings. The molecular weight excluding hydrogens is 469 g/mol. The smallest absolute Gasteiger partial charge is 0.416 e. The number of alkyl halides is 3. The Morgan fingerprint density at radius 3 is 2.16 bits per heavy atom. The van der Waals surface area contributed by atoms with Gasteiger partial charge in [-0.05, 0) is 73.3 Å². The van der Waals surface area contributed by atoms with Gasteiger partial charge in [0.05, 0.1) is 14.5 Å². The van der Waals surface area contributed by atoms with E-state index in [-0.39, 0.29) is 6.61 Å². The van der Waals surface area contributed by atoms with E-state index in [0.717, 1.165) is 18.2 Å². The van der Waals surface area contributed by atoms with Crippen molar-refractivity contribution in [1.29, 1.82) is 0 Å². The fourth-order valence-electron chi connectivity index (χ4n) is 1.93. The Kier molecular flexibility index (Phi) is 6.29. The first-order valence-corrected chi connectivity index (χ1v) is 8.44. The molecule has 0 unspecified atom stereocenters. The molecule has 0 saturated carbocycles. The van der Waals surface area contributed by atoms with Crippen LogP contribution in [0.15, 0.2) is 51.4 Å². The summed E-state index contributed by atoms with van der Waals surface area (Å²) in [6.45, 7) is 0.0830. The number of carboxylic acids is 1. The van der Waals surface area contributed by atoms with E-state index in [1.807, 2.05) is 0 Å². The van der Waals surface area contributed by atoms with Gasteiger partial charge in [-0.1, -0.05) is 12.1 Å². The highest BCUT2D eigenvalue weighted by Gasteiger charge is 2.29. The first-order valence-electron chi connectivity index (χ1n) is 6.86. The Morgan fingerprint density at radius 1 is 1.12 bits per heavy atom. The van der Waals surface area contributed by atoms with Crippen molar-refractivity contribution in [2.24, 2.45) is 0 Å². The predicted molar refractivity (Wildman–Crippen MR) is 94.3 cm³/mol. The van der Waals surface area contributed by atoms with E-state index in [0.29, 0.717) is 25.8 Å². The van der Waals surface area contributed by atoms with E-state index in [2.05, 4.69) is 31.9 Å². The predicted octanol–water partition coefficient (Wildman–Crippen LogP) is 5.91. The van der Waals surface area contributed by atoms with Gasteiger partial charge < -0.3 is 9.84 Å². The van der Waals surface area contributed by atoms with Gasteiger partial charge in [0, 0.05) is 6.08 Å². The second-order valence-corrected chi connectivity index (χ2v) is 6.68. The van der Waals surface area contributed by atoms with Crippen LogP contribution < -0.4 is 4.74 Å². The molecule has 1 N–H and O–H groups in total. The van der Waals surface area contributed by atoms with Crippen LogP contribution >= 0.6 is 31.9 Å². The zero-order valence-corrected chi connectivity index (χ0v) is 15.7. The Labute approximate surface area is 158 Å². The maximum Gasteiger partial charge on any atom is 0.416 e. The lowest BCUT2D eigenvalue weighted by Gasteiger charge is -2.12. The van der Waals surface area contributed by atoms with Crippen LogP contribution in [-0.2, 0) is 17.6 Å². The van der Waals surface area contributed by atoms with Gasteiger partial charge in [0.1, 0.15) is 12.4 Å². The largest absolute Gasteiger partial charge is 0.487 e. The summed E-state index contributed by atoms with van der Waals surface area (Å²) in [6, 6.07) is 8.06. The number of benzene rings is 2. The molecular formula is C17H11Br2F3O3. The summed E-state index contributed by atoms with van der Waals surface area (Å²) in [5.74, 6) is -0.595. The minimum Gasteiger partial charge on any atom is -0.487 e. The van der Waals surface area contributed by atoms with Crippen LogP contribution in [0.3, 0.4) is 0 Å². The summed E-state index contributed by atoms with van der Waals surface area (Å²) >= 11 is 6.66. The molecule has 0 radical (unpaired) electrons. The van der Waals surface area contributed by atoms with Crippen molar-refractivity contribution in [3.8, 4) is 5.75 Å². The lowest BCUT2D eigenvalue weighted by molar-refractivity contribution is -0.137. The molecule has 0 spiro atoms. The SMILES string of the molecule is O=C(O)C=Cc1cc(Br)c(OCc2ccc(C(F)(F)F)cc2)c(Br)c1. The second kappa shape index (κ2) is 8.05. The first kappa shape index (κ1) is 19.5. The molecule has 0 aromatic heterocycles. The lowest BCUT2D eigenvalue weighted by Crippen LogP contribution is -2.05. The molecule has 0 aliphatic rings. The van der Waals surface area contributed by atoms with Gasteiger partial charge in [-0.25, -0.2) is 4.79 Å². The van der Waals surface area contributed by atoms with Gasteiger partial charge in [-0.3, -0.25) is 0 Å². The van der Waals surface area contributed by atoms with Crippen LogP contribution in [0.5, 0.6) is 5.75 Å². The highest BCUT2D eigenvalue weighted by molar-refractivity contribution is 9.11. The Hall–Kier alpha value is -1.80. The summed E-state index contributed by atoms with van der Waals surface area (Å²) in [7, 11) is 0. The molecule has 0 heterocycles. The van der Waals surface area contributed by atoms with E-state index >= 15 is 0 Å². The van der Waals surface area contributed by atoms with Crippen molar-refractivity contribution in [3.63, 3.8) is 0 Å². The van der Waals surface area contributed by atoms with Crippen LogP contribution in [0.25, 0.3) is 6.08 Å². The molecule has 25 heavy (non-hydrogen) atoms. The third kappa shape index (κ3) is 5.61. The Balaban J connectivity index is 2.11. The zero-order chi connectivity index (χ0) is 18.6. The Bertz CT molecular complexity index is 777. The summed E-state index contributed by atoms with van der Waals surface area (Å²) in [4.78, 5) is 10.5. The molecule has 0 saturated heterocycles. The molecule has 0 bridgehead atoms. The van der Waals surface area contributed by atoms with Crippen molar-refractivity contribution in [2.75, 3.05) is 0 Å². The normalized spacial score (nSPS) is 11.7. The van der Waals surface area contributed by atoms with Crippen LogP contribution in [0.2, 0.25) is 0 Å². The monoisotopic (exact) mass is 478 g/mol. The molecule has 0 fully saturated rings. The summed E-state index contributed by atoms with van der Waals surface area (Å²) < 4.78 is 44.4. The van der Waals surface area contributed by atoms with E-state index in [1.165, 1.54) is 18.2 Å². The quantitative estimate of drug-likeness (QED) is 0.542. The maximum absolute atomic E-state index is 12.5. The van der Waals surface area contributed by atoms with Gasteiger partial charge >= 0.3 is 12.1 Å². The number of carbonyl (C=O) groups is 1. The topological polar surface area (TPSA) is 46.5 Å². The number of rotatable bonds is 5. The first-order chi connectivity index (χ1) is 11.7. The van der Waals surface area contributed by atoms with Gasteiger partial charge in [0.15, 0.2) is 0 Å². The standard InChI is InChI=1S/C17H11Br2F3O3/c18-13-7-11(3-6-15(23)24)8-14(19)16(13)25-9-10-1-4-12(5-2-10)17(20,21)22/h1-8H,9H2,(H,23,24). The summed E-state index contributed by atoms with van der Waals surface area (Å²) in [6.07, 6.45) is -1.93. The van der Waals surface area contributed by atoms with Crippen molar-refractivity contribution in [2.45, 2.75) is 12.8 Å². The van der Waals surface area contributed by atoms with Crippen molar-refractivity contribution >= 4 is 43.9 Å². The molecule has 0 aliphatic carbocycles. The second-order valence-electron chi connectivity index (χ2n) is 4.97. The minimum absolute atomic E-state index is 0.0830. The van der Waals surface area contributed by atoms with Gasteiger partial charge in [-0.15, -0.1) is 0 Å². The average Bonchev–Trinajstić information content (AvgIpc) is 2.51. The number of halogens is 5. The average molecular weight is 480 g/mol. The molecule has 8 heteroatoms. The van der Waals surface area contributed by atoms with Crippen LogP contribution in [0.4, 0.5) is 13.2 Å². The van der Waals surface area contributed by atoms with Crippen LogP contribution in [-0.4, -0.2) is 11.1 Å². The zero-order valence-electron chi connectivity index (χ0n) is 12.5. The van der Waals surface area contributed by atoms with Gasteiger partial charge in [0.25, 0.3) is 0 Å². The highest BCUT2D eigenvalue weighted by Crippen LogP contribution is 2.36. The summed E-state index contributed by atoms with van der Waals surface area (Å²) in [5.41, 5.74) is 0.512. The Morgan fingerprint density at radius 2 is 1.68 bits per heavy atom. The number of hydrogen-bond acceptors (Lipinski definition) is 2. The van der Waals surface area contributed by atoms with Gasteiger partial charge in [0.2, 0.25) is 0 Å². The molecule has 0 aliphatic heterocycles. The van der Waals surface area contributed by atoms with E-state index in [4.69, 9.17) is 9.84 Å². The van der Waals surface area contributed by atoms with E-state index < -0.39 is 17.7 Å². The van der Waals surface area contributed by atoms with Crippen LogP contribution in [0.1, 0.15) is 16.7 Å². The van der Waals surface area contributed by atoms with Crippen LogP contribution in [0, 0.1) is 0 Å². The fourth-order valence-corrected chi connectivity index (χ4v) is 3.38. The third-order valence-electron chi connectivity index (χ3n) is 3.10. The highest BCUT2D eigenvalue weighted by atomic mass is 79.9. The molecule has 132 valence electrons. The number of ether oxygens (including phenoxy) is 1. The third-order valence-corrected chi connectivity index (χ3v) is 4.28. The lowest BCUT2D eigenvalue weighted by atomic mass is 10.1. The van der Waals surface area contributed by atoms with Crippen molar-refractivity contribution in [3.05, 3.63) is 68.1 Å². The van der Waals surface area contributed by atoms with E-state index in [1.54, 1.807) is 12.1 Å².